The van der Waals surface area contributed by atoms with E-state index in [0.29, 0.717) is 0 Å². The lowest BCUT2D eigenvalue weighted by molar-refractivity contribution is 0.237. The van der Waals surface area contributed by atoms with Crippen LogP contribution < -0.4 is 0 Å². The molecule has 5 aromatic rings. The van der Waals surface area contributed by atoms with E-state index in [1.54, 1.807) is 6.92 Å². The number of hydrogen-bond donors (Lipinski definition) is 0. The van der Waals surface area contributed by atoms with Gasteiger partial charge >= 0.3 is 0 Å². The SMILES string of the molecule is Cc1cccc(-c2nc(-c3ccccc3C(C)(C)[C@@H](C)F)n(-c3c(C)cc(C)cc3C)c2-c2ccccc2)c1. The summed E-state index contributed by atoms with van der Waals surface area (Å²) in [7, 11) is 0. The summed E-state index contributed by atoms with van der Waals surface area (Å²) in [4.78, 5) is 5.42. The van der Waals surface area contributed by atoms with E-state index in [9.17, 15) is 0 Å². The average Bonchev–Trinajstić information content (AvgIpc) is 3.28. The molecule has 0 radical (unpaired) electrons. The van der Waals surface area contributed by atoms with Gasteiger partial charge in [0.2, 0.25) is 0 Å². The van der Waals surface area contributed by atoms with E-state index >= 15 is 4.39 Å². The molecule has 198 valence electrons. The molecule has 0 saturated heterocycles. The van der Waals surface area contributed by atoms with Crippen molar-refractivity contribution in [3.8, 4) is 39.6 Å². The van der Waals surface area contributed by atoms with Gasteiger partial charge in [-0.2, -0.15) is 0 Å². The lowest BCUT2D eigenvalue weighted by Crippen LogP contribution is -2.28. The minimum atomic E-state index is -1.03. The Morgan fingerprint density at radius 3 is 1.97 bits per heavy atom. The van der Waals surface area contributed by atoms with Crippen LogP contribution in [0.4, 0.5) is 4.39 Å². The first-order chi connectivity index (χ1) is 18.6. The number of aryl methyl sites for hydroxylation is 4. The van der Waals surface area contributed by atoms with Crippen molar-refractivity contribution in [2.45, 2.75) is 60.1 Å². The first-order valence-corrected chi connectivity index (χ1v) is 13.7. The van der Waals surface area contributed by atoms with Crippen molar-refractivity contribution >= 4 is 0 Å². The predicted molar refractivity (Wildman–Crippen MR) is 162 cm³/mol. The molecule has 0 bridgehead atoms. The summed E-state index contributed by atoms with van der Waals surface area (Å²) in [5, 5.41) is 0. The maximum absolute atomic E-state index is 15.1. The monoisotopic (exact) mass is 516 g/mol. The molecular weight excluding hydrogens is 479 g/mol. The van der Waals surface area contributed by atoms with Crippen molar-refractivity contribution in [2.24, 2.45) is 0 Å². The Bertz CT molecular complexity index is 1620. The second-order valence-electron chi connectivity index (χ2n) is 11.3. The van der Waals surface area contributed by atoms with Gasteiger partial charge in [-0.3, -0.25) is 4.57 Å². The zero-order valence-corrected chi connectivity index (χ0v) is 24.0. The number of imidazole rings is 1. The van der Waals surface area contributed by atoms with E-state index in [0.717, 1.165) is 45.2 Å². The Labute approximate surface area is 232 Å². The van der Waals surface area contributed by atoms with Crippen LogP contribution in [0.25, 0.3) is 39.6 Å². The molecule has 39 heavy (non-hydrogen) atoms. The van der Waals surface area contributed by atoms with E-state index < -0.39 is 11.6 Å². The molecule has 1 heterocycles. The largest absolute Gasteiger partial charge is 0.291 e. The number of alkyl halides is 1. The van der Waals surface area contributed by atoms with E-state index in [4.69, 9.17) is 4.98 Å². The maximum Gasteiger partial charge on any atom is 0.146 e. The summed E-state index contributed by atoms with van der Waals surface area (Å²) < 4.78 is 17.4. The third kappa shape index (κ3) is 4.83. The molecule has 4 aromatic carbocycles. The van der Waals surface area contributed by atoms with Crippen molar-refractivity contribution in [3.05, 3.63) is 119 Å². The third-order valence-corrected chi connectivity index (χ3v) is 7.93. The Morgan fingerprint density at radius 1 is 0.718 bits per heavy atom. The average molecular weight is 517 g/mol. The van der Waals surface area contributed by atoms with Gasteiger partial charge in [0, 0.05) is 22.1 Å². The molecule has 0 unspecified atom stereocenters. The number of aromatic nitrogens is 2. The molecule has 0 N–H and O–H groups in total. The molecule has 1 aromatic heterocycles. The first-order valence-electron chi connectivity index (χ1n) is 13.7. The van der Waals surface area contributed by atoms with E-state index in [1.807, 2.05) is 38.1 Å². The number of nitrogens with zero attached hydrogens (tertiary/aromatic N) is 2. The van der Waals surface area contributed by atoms with Gasteiger partial charge in [-0.25, -0.2) is 9.37 Å². The van der Waals surface area contributed by atoms with E-state index in [-0.39, 0.29) is 0 Å². The van der Waals surface area contributed by atoms with E-state index in [1.165, 1.54) is 22.3 Å². The molecule has 0 aliphatic heterocycles. The summed E-state index contributed by atoms with van der Waals surface area (Å²) in [5.41, 5.74) is 11.2. The minimum Gasteiger partial charge on any atom is -0.291 e. The molecule has 5 rings (SSSR count). The van der Waals surface area contributed by atoms with Crippen LogP contribution in [0.15, 0.2) is 91.0 Å². The van der Waals surface area contributed by atoms with Crippen LogP contribution in [0.5, 0.6) is 0 Å². The highest BCUT2D eigenvalue weighted by atomic mass is 19.1. The molecule has 3 heteroatoms. The highest BCUT2D eigenvalue weighted by Crippen LogP contribution is 2.43. The van der Waals surface area contributed by atoms with Gasteiger partial charge in [-0.15, -0.1) is 0 Å². The molecule has 0 aliphatic rings. The van der Waals surface area contributed by atoms with Gasteiger partial charge in [0.15, 0.2) is 0 Å². The zero-order valence-electron chi connectivity index (χ0n) is 24.0. The van der Waals surface area contributed by atoms with Crippen molar-refractivity contribution in [1.29, 1.82) is 0 Å². The summed E-state index contributed by atoms with van der Waals surface area (Å²) in [5.74, 6) is 0.824. The van der Waals surface area contributed by atoms with Gasteiger partial charge in [-0.1, -0.05) is 110 Å². The second-order valence-corrected chi connectivity index (χ2v) is 11.3. The molecule has 0 fully saturated rings. The second kappa shape index (κ2) is 10.3. The third-order valence-electron chi connectivity index (χ3n) is 7.93. The predicted octanol–water partition coefficient (Wildman–Crippen LogP) is 9.74. The fourth-order valence-electron chi connectivity index (χ4n) is 5.65. The molecular formula is C36H37FN2. The standard InChI is InChI=1S/C36H37FN2/c1-23-14-13-17-29(22-23)32-34(28-15-9-8-10-16-28)39(33-25(3)20-24(2)21-26(33)4)35(38-32)30-18-11-12-19-31(30)36(6,7)27(5)37/h8-22,27H,1-7H3/t27-/m1/s1. The molecule has 1 atom stereocenters. The van der Waals surface area contributed by atoms with Gasteiger partial charge in [0.1, 0.15) is 12.0 Å². The van der Waals surface area contributed by atoms with Crippen molar-refractivity contribution in [3.63, 3.8) is 0 Å². The zero-order chi connectivity index (χ0) is 27.9. The fraction of sp³-hybridized carbons (Fsp3) is 0.250. The lowest BCUT2D eigenvalue weighted by Gasteiger charge is -2.29. The van der Waals surface area contributed by atoms with Crippen LogP contribution in [0.2, 0.25) is 0 Å². The van der Waals surface area contributed by atoms with Gasteiger partial charge in [0.25, 0.3) is 0 Å². The number of benzene rings is 4. The Kier molecular flexibility index (Phi) is 7.03. The smallest absolute Gasteiger partial charge is 0.146 e. The number of hydrogen-bond acceptors (Lipinski definition) is 1. The maximum atomic E-state index is 15.1. The Hall–Kier alpha value is -3.98. The molecule has 0 saturated carbocycles. The van der Waals surface area contributed by atoms with Gasteiger partial charge in [-0.05, 0) is 57.4 Å². The summed E-state index contributed by atoms with van der Waals surface area (Å²) in [6.07, 6.45) is -1.03. The lowest BCUT2D eigenvalue weighted by atomic mass is 9.78. The number of halogens is 1. The normalized spacial score (nSPS) is 12.5. The summed E-state index contributed by atoms with van der Waals surface area (Å²) in [6.45, 7) is 14.2. The van der Waals surface area contributed by atoms with Crippen LogP contribution in [0.3, 0.4) is 0 Å². The molecule has 0 aliphatic carbocycles. The van der Waals surface area contributed by atoms with Crippen LogP contribution in [-0.4, -0.2) is 15.7 Å². The number of rotatable bonds is 6. The highest BCUT2D eigenvalue weighted by molar-refractivity contribution is 5.85. The van der Waals surface area contributed by atoms with Gasteiger partial charge < -0.3 is 0 Å². The van der Waals surface area contributed by atoms with Crippen LogP contribution in [0, 0.1) is 27.7 Å². The molecule has 0 spiro atoms. The topological polar surface area (TPSA) is 17.8 Å². The Morgan fingerprint density at radius 2 is 1.33 bits per heavy atom. The quantitative estimate of drug-likeness (QED) is 0.220. The highest BCUT2D eigenvalue weighted by Gasteiger charge is 2.33. The van der Waals surface area contributed by atoms with Crippen molar-refractivity contribution < 1.29 is 4.39 Å². The fourth-order valence-corrected chi connectivity index (χ4v) is 5.65. The van der Waals surface area contributed by atoms with Crippen molar-refractivity contribution in [2.75, 3.05) is 0 Å². The molecule has 0 amide bonds. The minimum absolute atomic E-state index is 0.693. The van der Waals surface area contributed by atoms with Crippen LogP contribution in [-0.2, 0) is 5.41 Å². The summed E-state index contributed by atoms with van der Waals surface area (Å²) >= 11 is 0. The van der Waals surface area contributed by atoms with Crippen molar-refractivity contribution in [1.82, 2.24) is 9.55 Å². The Balaban J connectivity index is 1.98. The first kappa shape index (κ1) is 26.6. The van der Waals surface area contributed by atoms with Crippen LogP contribution in [0.1, 0.15) is 48.6 Å². The summed E-state index contributed by atoms with van der Waals surface area (Å²) in [6, 6.07) is 31.6. The molecule has 2 nitrogen and oxygen atoms in total. The van der Waals surface area contributed by atoms with E-state index in [2.05, 4.69) is 99.0 Å². The van der Waals surface area contributed by atoms with Gasteiger partial charge in [0.05, 0.1) is 17.1 Å². The van der Waals surface area contributed by atoms with Crippen LogP contribution >= 0.6 is 0 Å².